The monoisotopic (exact) mass is 460 g/mol. The van der Waals surface area contributed by atoms with Gasteiger partial charge in [0, 0.05) is 44.8 Å². The van der Waals surface area contributed by atoms with Gasteiger partial charge in [0.2, 0.25) is 0 Å². The van der Waals surface area contributed by atoms with Crippen molar-refractivity contribution in [1.82, 2.24) is 10.2 Å². The lowest BCUT2D eigenvalue weighted by molar-refractivity contribution is 0.0303. The lowest BCUT2D eigenvalue weighted by Crippen LogP contribution is -2.44. The van der Waals surface area contributed by atoms with E-state index in [0.717, 1.165) is 31.9 Å². The van der Waals surface area contributed by atoms with E-state index >= 15 is 0 Å². The van der Waals surface area contributed by atoms with Crippen molar-refractivity contribution in [3.63, 3.8) is 0 Å². The molecule has 4 rings (SSSR count). The van der Waals surface area contributed by atoms with Crippen LogP contribution < -0.4 is 19.7 Å². The van der Waals surface area contributed by atoms with Gasteiger partial charge in [-0.3, -0.25) is 9.52 Å². The van der Waals surface area contributed by atoms with Crippen LogP contribution in [0.15, 0.2) is 47.4 Å². The molecule has 2 aromatic rings. The number of piperazine rings is 1. The standard InChI is InChI=1S/C22H28N4O5S/c1-30-18-3-5-19(6-4-18)32(28,29)24-20-16-17(22(27)26-12-14-31-15-13-26)2-7-21(20)25-10-8-23-9-11-25/h2-7,16,23-24H,8-15H2,1H3. The molecule has 10 heteroatoms. The smallest absolute Gasteiger partial charge is 0.261 e. The molecule has 2 aliphatic heterocycles. The van der Waals surface area contributed by atoms with Crippen LogP contribution in [0.1, 0.15) is 10.4 Å². The Balaban J connectivity index is 1.66. The quantitative estimate of drug-likeness (QED) is 0.672. The second-order valence-electron chi connectivity index (χ2n) is 7.65. The first-order chi connectivity index (χ1) is 15.5. The molecule has 9 nitrogen and oxygen atoms in total. The summed E-state index contributed by atoms with van der Waals surface area (Å²) in [5.74, 6) is 0.439. The predicted molar refractivity (Wildman–Crippen MR) is 122 cm³/mol. The molecule has 0 aliphatic carbocycles. The fourth-order valence-corrected chi connectivity index (χ4v) is 4.91. The molecule has 1 amide bonds. The van der Waals surface area contributed by atoms with Gasteiger partial charge in [0.15, 0.2) is 0 Å². The van der Waals surface area contributed by atoms with E-state index < -0.39 is 10.0 Å². The molecule has 2 saturated heterocycles. The first kappa shape index (κ1) is 22.4. The summed E-state index contributed by atoms with van der Waals surface area (Å²) >= 11 is 0. The van der Waals surface area contributed by atoms with Crippen LogP contribution in [0.3, 0.4) is 0 Å². The molecule has 2 fully saturated rings. The van der Waals surface area contributed by atoms with Crippen LogP contribution in [-0.4, -0.2) is 78.8 Å². The van der Waals surface area contributed by atoms with Crippen LogP contribution >= 0.6 is 0 Å². The predicted octanol–water partition coefficient (Wildman–Crippen LogP) is 1.38. The Hall–Kier alpha value is -2.82. The minimum atomic E-state index is -3.86. The number of amides is 1. The number of methoxy groups -OCH3 is 1. The number of hydrogen-bond donors (Lipinski definition) is 2. The highest BCUT2D eigenvalue weighted by Gasteiger charge is 2.24. The van der Waals surface area contributed by atoms with Gasteiger partial charge in [0.1, 0.15) is 5.75 Å². The van der Waals surface area contributed by atoms with Gasteiger partial charge in [-0.05, 0) is 42.5 Å². The molecule has 32 heavy (non-hydrogen) atoms. The number of ether oxygens (including phenoxy) is 2. The molecular formula is C22H28N4O5S. The molecule has 2 aliphatic rings. The number of sulfonamides is 1. The van der Waals surface area contributed by atoms with E-state index in [4.69, 9.17) is 9.47 Å². The van der Waals surface area contributed by atoms with Gasteiger partial charge in [-0.2, -0.15) is 0 Å². The zero-order valence-corrected chi connectivity index (χ0v) is 18.9. The molecular weight excluding hydrogens is 432 g/mol. The highest BCUT2D eigenvalue weighted by molar-refractivity contribution is 7.92. The number of morpholine rings is 1. The molecule has 0 bridgehead atoms. The number of nitrogens with zero attached hydrogens (tertiary/aromatic N) is 2. The molecule has 0 spiro atoms. The Kier molecular flexibility index (Phi) is 6.83. The lowest BCUT2D eigenvalue weighted by Gasteiger charge is -2.32. The van der Waals surface area contributed by atoms with Gasteiger partial charge in [0.25, 0.3) is 15.9 Å². The van der Waals surface area contributed by atoms with Gasteiger partial charge in [-0.15, -0.1) is 0 Å². The normalized spacial score (nSPS) is 17.2. The first-order valence-corrected chi connectivity index (χ1v) is 12.1. The summed E-state index contributed by atoms with van der Waals surface area (Å²) in [6, 6.07) is 11.4. The molecule has 0 unspecified atom stereocenters. The maximum Gasteiger partial charge on any atom is 0.261 e. The summed E-state index contributed by atoms with van der Waals surface area (Å²) in [7, 11) is -2.33. The van der Waals surface area contributed by atoms with Crippen molar-refractivity contribution >= 4 is 27.3 Å². The zero-order valence-electron chi connectivity index (χ0n) is 18.0. The Bertz CT molecular complexity index is 1050. The zero-order chi connectivity index (χ0) is 22.6. The third-order valence-corrected chi connectivity index (χ3v) is 6.99. The van der Waals surface area contributed by atoms with E-state index in [1.54, 1.807) is 29.2 Å². The number of hydrogen-bond acceptors (Lipinski definition) is 7. The van der Waals surface area contributed by atoms with E-state index in [2.05, 4.69) is 14.9 Å². The Morgan fingerprint density at radius 2 is 1.72 bits per heavy atom. The maximum atomic E-state index is 13.1. The maximum absolute atomic E-state index is 13.1. The van der Waals surface area contributed by atoms with E-state index in [1.165, 1.54) is 19.2 Å². The van der Waals surface area contributed by atoms with Crippen LogP contribution in [0, 0.1) is 0 Å². The van der Waals surface area contributed by atoms with Crippen molar-refractivity contribution in [2.24, 2.45) is 0 Å². The van der Waals surface area contributed by atoms with Crippen molar-refractivity contribution in [2.45, 2.75) is 4.90 Å². The fraction of sp³-hybridized carbons (Fsp3) is 0.409. The average Bonchev–Trinajstić information content (AvgIpc) is 2.84. The van der Waals surface area contributed by atoms with Gasteiger partial charge in [0.05, 0.1) is 36.6 Å². The topological polar surface area (TPSA) is 100 Å². The van der Waals surface area contributed by atoms with E-state index in [9.17, 15) is 13.2 Å². The molecule has 172 valence electrons. The van der Waals surface area contributed by atoms with E-state index in [1.807, 2.05) is 6.07 Å². The van der Waals surface area contributed by atoms with Crippen LogP contribution in [0.25, 0.3) is 0 Å². The number of carbonyl (C=O) groups is 1. The van der Waals surface area contributed by atoms with Crippen LogP contribution in [0.5, 0.6) is 5.75 Å². The van der Waals surface area contributed by atoms with E-state index in [-0.39, 0.29) is 10.8 Å². The SMILES string of the molecule is COc1ccc(S(=O)(=O)Nc2cc(C(=O)N3CCOCC3)ccc2N2CCNCC2)cc1. The Morgan fingerprint density at radius 1 is 1.03 bits per heavy atom. The van der Waals surface area contributed by atoms with Crippen LogP contribution in [0.2, 0.25) is 0 Å². The van der Waals surface area contributed by atoms with Gasteiger partial charge < -0.3 is 24.6 Å². The summed E-state index contributed by atoms with van der Waals surface area (Å²) in [6.45, 7) is 5.14. The fourth-order valence-electron chi connectivity index (χ4n) is 3.84. The number of anilines is 2. The van der Waals surface area contributed by atoms with Crippen molar-refractivity contribution in [3.05, 3.63) is 48.0 Å². The van der Waals surface area contributed by atoms with Crippen LogP contribution in [-0.2, 0) is 14.8 Å². The highest BCUT2D eigenvalue weighted by Crippen LogP contribution is 2.31. The summed E-state index contributed by atoms with van der Waals surface area (Å²) in [5, 5.41) is 3.30. The summed E-state index contributed by atoms with van der Waals surface area (Å²) in [5.41, 5.74) is 1.59. The van der Waals surface area contributed by atoms with Crippen molar-refractivity contribution in [2.75, 3.05) is 69.2 Å². The lowest BCUT2D eigenvalue weighted by atomic mass is 10.1. The molecule has 2 heterocycles. The Morgan fingerprint density at radius 3 is 2.38 bits per heavy atom. The second kappa shape index (κ2) is 9.76. The summed E-state index contributed by atoms with van der Waals surface area (Å²) < 4.78 is 39.4. The summed E-state index contributed by atoms with van der Waals surface area (Å²) in [6.07, 6.45) is 0. The third-order valence-electron chi connectivity index (χ3n) is 5.61. The largest absolute Gasteiger partial charge is 0.497 e. The third kappa shape index (κ3) is 4.98. The number of carbonyl (C=O) groups excluding carboxylic acids is 1. The number of benzene rings is 2. The van der Waals surface area contributed by atoms with Crippen molar-refractivity contribution in [1.29, 1.82) is 0 Å². The highest BCUT2D eigenvalue weighted by atomic mass is 32.2. The van der Waals surface area contributed by atoms with Crippen molar-refractivity contribution in [3.8, 4) is 5.75 Å². The van der Waals surface area contributed by atoms with Crippen LogP contribution in [0.4, 0.5) is 11.4 Å². The van der Waals surface area contributed by atoms with Gasteiger partial charge in [-0.1, -0.05) is 0 Å². The minimum Gasteiger partial charge on any atom is -0.497 e. The first-order valence-electron chi connectivity index (χ1n) is 10.6. The second-order valence-corrected chi connectivity index (χ2v) is 9.34. The Labute approximate surface area is 188 Å². The molecule has 0 saturated carbocycles. The molecule has 0 radical (unpaired) electrons. The minimum absolute atomic E-state index is 0.120. The molecule has 0 atom stereocenters. The van der Waals surface area contributed by atoms with Crippen molar-refractivity contribution < 1.29 is 22.7 Å². The molecule has 0 aromatic heterocycles. The van der Waals surface area contributed by atoms with Gasteiger partial charge in [-0.25, -0.2) is 8.42 Å². The van der Waals surface area contributed by atoms with E-state index in [0.29, 0.717) is 43.3 Å². The van der Waals surface area contributed by atoms with Gasteiger partial charge >= 0.3 is 0 Å². The average molecular weight is 461 g/mol. The number of rotatable bonds is 6. The molecule has 2 N–H and O–H groups in total. The molecule has 2 aromatic carbocycles. The number of nitrogens with one attached hydrogen (secondary N) is 2. The summed E-state index contributed by atoms with van der Waals surface area (Å²) in [4.78, 5) is 17.0.